The van der Waals surface area contributed by atoms with Crippen molar-refractivity contribution >= 4 is 35.0 Å². The Hall–Kier alpha value is -4.20. The zero-order chi connectivity index (χ0) is 23.1. The Bertz CT molecular complexity index is 1120. The van der Waals surface area contributed by atoms with Crippen LogP contribution in [-0.4, -0.2) is 28.5 Å². The quantitative estimate of drug-likeness (QED) is 0.529. The van der Waals surface area contributed by atoms with E-state index in [1.165, 1.54) is 6.20 Å². The SMILES string of the molecule is CC(C)(C)OC(=O)Nc1cccc(C(=O)Nc2cccc(NC(=O)c3cccnc3)c2)c1. The molecule has 8 heteroatoms. The van der Waals surface area contributed by atoms with E-state index in [0.717, 1.165) is 0 Å². The molecule has 0 aliphatic carbocycles. The number of hydrogen-bond donors (Lipinski definition) is 3. The van der Waals surface area contributed by atoms with E-state index in [0.29, 0.717) is 28.2 Å². The van der Waals surface area contributed by atoms with E-state index >= 15 is 0 Å². The molecule has 0 atom stereocenters. The van der Waals surface area contributed by atoms with Gasteiger partial charge < -0.3 is 15.4 Å². The van der Waals surface area contributed by atoms with Crippen molar-refractivity contribution < 1.29 is 19.1 Å². The number of benzene rings is 2. The van der Waals surface area contributed by atoms with Gasteiger partial charge in [0.1, 0.15) is 5.60 Å². The van der Waals surface area contributed by atoms with Crippen LogP contribution in [0.1, 0.15) is 41.5 Å². The van der Waals surface area contributed by atoms with Gasteiger partial charge in [0, 0.05) is 35.0 Å². The molecular formula is C24H24N4O4. The second kappa shape index (κ2) is 9.74. The number of anilines is 3. The fourth-order valence-electron chi connectivity index (χ4n) is 2.74. The fraction of sp³-hybridized carbons (Fsp3) is 0.167. The van der Waals surface area contributed by atoms with Gasteiger partial charge in [0.25, 0.3) is 11.8 Å². The van der Waals surface area contributed by atoms with Gasteiger partial charge >= 0.3 is 6.09 Å². The highest BCUT2D eigenvalue weighted by atomic mass is 16.6. The van der Waals surface area contributed by atoms with Crippen LogP contribution >= 0.6 is 0 Å². The molecule has 164 valence electrons. The minimum atomic E-state index is -0.628. The maximum atomic E-state index is 12.7. The molecule has 3 amide bonds. The summed E-state index contributed by atoms with van der Waals surface area (Å²) in [7, 11) is 0. The highest BCUT2D eigenvalue weighted by molar-refractivity contribution is 6.06. The molecule has 0 aliphatic rings. The summed E-state index contributed by atoms with van der Waals surface area (Å²) in [5.41, 5.74) is 1.61. The summed E-state index contributed by atoms with van der Waals surface area (Å²) in [6.45, 7) is 5.30. The number of pyridine rings is 1. The van der Waals surface area contributed by atoms with E-state index in [9.17, 15) is 14.4 Å². The third-order valence-corrected chi connectivity index (χ3v) is 4.07. The Morgan fingerprint density at radius 3 is 1.91 bits per heavy atom. The predicted molar refractivity (Wildman–Crippen MR) is 123 cm³/mol. The van der Waals surface area contributed by atoms with Crippen LogP contribution in [0.4, 0.5) is 21.9 Å². The normalized spacial score (nSPS) is 10.7. The molecule has 1 heterocycles. The van der Waals surface area contributed by atoms with Crippen LogP contribution in [0, 0.1) is 0 Å². The minimum absolute atomic E-state index is 0.303. The molecule has 3 rings (SSSR count). The third-order valence-electron chi connectivity index (χ3n) is 4.07. The van der Waals surface area contributed by atoms with Gasteiger partial charge in [0.15, 0.2) is 0 Å². The third kappa shape index (κ3) is 6.66. The molecule has 1 aromatic heterocycles. The van der Waals surface area contributed by atoms with E-state index in [2.05, 4.69) is 20.9 Å². The molecule has 0 bridgehead atoms. The van der Waals surface area contributed by atoms with Gasteiger partial charge in [-0.15, -0.1) is 0 Å². The average molecular weight is 432 g/mol. The largest absolute Gasteiger partial charge is 0.444 e. The predicted octanol–water partition coefficient (Wildman–Crippen LogP) is 4.93. The fourth-order valence-corrected chi connectivity index (χ4v) is 2.74. The first kappa shape index (κ1) is 22.5. The van der Waals surface area contributed by atoms with E-state index in [1.54, 1.807) is 87.6 Å². The number of rotatable bonds is 5. The van der Waals surface area contributed by atoms with Crippen molar-refractivity contribution in [3.63, 3.8) is 0 Å². The van der Waals surface area contributed by atoms with Crippen LogP contribution < -0.4 is 16.0 Å². The second-order valence-corrected chi connectivity index (χ2v) is 7.94. The first-order valence-electron chi connectivity index (χ1n) is 9.92. The summed E-state index contributed by atoms with van der Waals surface area (Å²) in [6.07, 6.45) is 2.46. The average Bonchev–Trinajstić information content (AvgIpc) is 2.73. The summed E-state index contributed by atoms with van der Waals surface area (Å²) in [4.78, 5) is 40.9. The second-order valence-electron chi connectivity index (χ2n) is 7.94. The molecule has 0 radical (unpaired) electrons. The zero-order valence-electron chi connectivity index (χ0n) is 18.0. The molecule has 3 N–H and O–H groups in total. The lowest BCUT2D eigenvalue weighted by Crippen LogP contribution is -2.27. The lowest BCUT2D eigenvalue weighted by Gasteiger charge is -2.19. The molecule has 0 saturated carbocycles. The zero-order valence-corrected chi connectivity index (χ0v) is 18.0. The molecule has 8 nitrogen and oxygen atoms in total. The number of aromatic nitrogens is 1. The van der Waals surface area contributed by atoms with Gasteiger partial charge in [-0.3, -0.25) is 19.9 Å². The first-order valence-corrected chi connectivity index (χ1v) is 9.92. The molecular weight excluding hydrogens is 408 g/mol. The molecule has 3 aromatic rings. The highest BCUT2D eigenvalue weighted by Crippen LogP contribution is 2.19. The van der Waals surface area contributed by atoms with Crippen LogP contribution in [-0.2, 0) is 4.74 Å². The Kier molecular flexibility index (Phi) is 6.84. The van der Waals surface area contributed by atoms with Crippen molar-refractivity contribution in [1.82, 2.24) is 4.98 Å². The van der Waals surface area contributed by atoms with Crippen LogP contribution in [0.3, 0.4) is 0 Å². The van der Waals surface area contributed by atoms with Crippen molar-refractivity contribution in [1.29, 1.82) is 0 Å². The van der Waals surface area contributed by atoms with Crippen molar-refractivity contribution in [3.05, 3.63) is 84.2 Å². The lowest BCUT2D eigenvalue weighted by atomic mass is 10.1. The van der Waals surface area contributed by atoms with Gasteiger partial charge in [-0.1, -0.05) is 12.1 Å². The van der Waals surface area contributed by atoms with Crippen LogP contribution in [0.2, 0.25) is 0 Å². The molecule has 32 heavy (non-hydrogen) atoms. The molecule has 0 unspecified atom stereocenters. The molecule has 0 aliphatic heterocycles. The number of amides is 3. The smallest absolute Gasteiger partial charge is 0.412 e. The van der Waals surface area contributed by atoms with E-state index in [4.69, 9.17) is 4.74 Å². The van der Waals surface area contributed by atoms with Gasteiger partial charge in [-0.25, -0.2) is 4.79 Å². The summed E-state index contributed by atoms with van der Waals surface area (Å²) < 4.78 is 5.23. The molecule has 0 spiro atoms. The molecule has 0 fully saturated rings. The van der Waals surface area contributed by atoms with Crippen LogP contribution in [0.15, 0.2) is 73.1 Å². The standard InChI is InChI=1S/C24H24N4O4/c1-24(2,3)32-23(31)28-18-9-4-7-16(13-18)21(29)26-19-10-5-11-20(14-19)27-22(30)17-8-6-12-25-15-17/h4-15H,1-3H3,(H,26,29)(H,27,30)(H,28,31). The van der Waals surface area contributed by atoms with Gasteiger partial charge in [-0.05, 0) is 69.3 Å². The van der Waals surface area contributed by atoms with Crippen molar-refractivity contribution in [2.24, 2.45) is 0 Å². The topological polar surface area (TPSA) is 109 Å². The molecule has 0 saturated heterocycles. The maximum absolute atomic E-state index is 12.7. The van der Waals surface area contributed by atoms with E-state index in [1.807, 2.05) is 0 Å². The number of hydrogen-bond acceptors (Lipinski definition) is 5. The minimum Gasteiger partial charge on any atom is -0.444 e. The van der Waals surface area contributed by atoms with E-state index < -0.39 is 11.7 Å². The van der Waals surface area contributed by atoms with Crippen molar-refractivity contribution in [2.75, 3.05) is 16.0 Å². The van der Waals surface area contributed by atoms with Crippen LogP contribution in [0.25, 0.3) is 0 Å². The number of carbonyl (C=O) groups is 3. The Labute approximate surface area is 186 Å². The maximum Gasteiger partial charge on any atom is 0.412 e. The number of nitrogens with zero attached hydrogens (tertiary/aromatic N) is 1. The van der Waals surface area contributed by atoms with E-state index in [-0.39, 0.29) is 11.8 Å². The summed E-state index contributed by atoms with van der Waals surface area (Å²) in [6, 6.07) is 16.6. The Morgan fingerprint density at radius 2 is 1.31 bits per heavy atom. The van der Waals surface area contributed by atoms with Crippen molar-refractivity contribution in [2.45, 2.75) is 26.4 Å². The first-order chi connectivity index (χ1) is 15.2. The number of ether oxygens (including phenoxy) is 1. The van der Waals surface area contributed by atoms with Gasteiger partial charge in [0.05, 0.1) is 5.56 Å². The Morgan fingerprint density at radius 1 is 0.750 bits per heavy atom. The molecule has 2 aromatic carbocycles. The number of nitrogens with one attached hydrogen (secondary N) is 3. The Balaban J connectivity index is 1.65. The number of carbonyl (C=O) groups excluding carboxylic acids is 3. The van der Waals surface area contributed by atoms with Crippen molar-refractivity contribution in [3.8, 4) is 0 Å². The van der Waals surface area contributed by atoms with Crippen LogP contribution in [0.5, 0.6) is 0 Å². The highest BCUT2D eigenvalue weighted by Gasteiger charge is 2.17. The summed E-state index contributed by atoms with van der Waals surface area (Å²) in [5.74, 6) is -0.670. The monoisotopic (exact) mass is 432 g/mol. The summed E-state index contributed by atoms with van der Waals surface area (Å²) in [5, 5.41) is 8.16. The van der Waals surface area contributed by atoms with Gasteiger partial charge in [0.2, 0.25) is 0 Å². The summed E-state index contributed by atoms with van der Waals surface area (Å²) >= 11 is 0. The lowest BCUT2D eigenvalue weighted by molar-refractivity contribution is 0.0635. The van der Waals surface area contributed by atoms with Gasteiger partial charge in [-0.2, -0.15) is 0 Å².